The van der Waals surface area contributed by atoms with Crippen LogP contribution in [0.1, 0.15) is 13.3 Å². The molecule has 2 rings (SSSR count). The normalized spacial score (nSPS) is 11.4. The van der Waals surface area contributed by atoms with E-state index in [4.69, 9.17) is 4.74 Å². The van der Waals surface area contributed by atoms with Gasteiger partial charge in [-0.1, -0.05) is 36.4 Å². The Kier molecular flexibility index (Phi) is 8.55. The van der Waals surface area contributed by atoms with Crippen LogP contribution in [0, 0.1) is 0 Å². The number of benzene rings is 2. The average Bonchev–Trinajstić information content (AvgIpc) is 2.71. The second-order valence-corrected chi connectivity index (χ2v) is 7.03. The van der Waals surface area contributed by atoms with E-state index in [1.54, 1.807) is 11.8 Å². The number of hydrogen-bond acceptors (Lipinski definition) is 5. The number of anilines is 2. The van der Waals surface area contributed by atoms with Crippen LogP contribution >= 0.6 is 11.8 Å². The number of hydrogen-bond donors (Lipinski definition) is 1. The molecule has 0 aliphatic heterocycles. The quantitative estimate of drug-likeness (QED) is 0.655. The predicted octanol–water partition coefficient (Wildman–Crippen LogP) is 3.15. The Balaban J connectivity index is 2.10. The molecule has 0 aromatic heterocycles. The summed E-state index contributed by atoms with van der Waals surface area (Å²) in [4.78, 5) is 38.1. The molecule has 0 radical (unpaired) electrons. The first-order valence-corrected chi connectivity index (χ1v) is 10.3. The molecule has 2 amide bonds. The molecule has 7 heteroatoms. The Bertz CT molecular complexity index is 744. The monoisotopic (exact) mass is 400 g/mol. The summed E-state index contributed by atoms with van der Waals surface area (Å²) in [6.45, 7) is 0.926. The third-order valence-electron chi connectivity index (χ3n) is 3.89. The fourth-order valence-corrected chi connectivity index (χ4v) is 3.09. The zero-order valence-electron chi connectivity index (χ0n) is 16.0. The molecule has 28 heavy (non-hydrogen) atoms. The zero-order valence-corrected chi connectivity index (χ0v) is 16.8. The van der Waals surface area contributed by atoms with Crippen molar-refractivity contribution in [3.63, 3.8) is 0 Å². The summed E-state index contributed by atoms with van der Waals surface area (Å²) in [7, 11) is 0. The van der Waals surface area contributed by atoms with Crippen molar-refractivity contribution in [2.75, 3.05) is 23.5 Å². The Morgan fingerprint density at radius 2 is 1.54 bits per heavy atom. The van der Waals surface area contributed by atoms with Crippen molar-refractivity contribution in [2.45, 2.75) is 19.4 Å². The Labute approximate surface area is 169 Å². The van der Waals surface area contributed by atoms with Crippen molar-refractivity contribution in [2.24, 2.45) is 0 Å². The van der Waals surface area contributed by atoms with Crippen LogP contribution in [0.4, 0.5) is 11.4 Å². The van der Waals surface area contributed by atoms with Crippen molar-refractivity contribution in [1.29, 1.82) is 0 Å². The summed E-state index contributed by atoms with van der Waals surface area (Å²) in [5.74, 6) is -0.617. The van der Waals surface area contributed by atoms with Crippen LogP contribution < -0.4 is 10.2 Å². The molecule has 148 valence electrons. The number of para-hydroxylation sites is 2. The second-order valence-electron chi connectivity index (χ2n) is 6.04. The van der Waals surface area contributed by atoms with E-state index in [2.05, 4.69) is 5.32 Å². The van der Waals surface area contributed by atoms with E-state index in [9.17, 15) is 14.4 Å². The molecule has 0 heterocycles. The highest BCUT2D eigenvalue weighted by molar-refractivity contribution is 7.98. The molecule has 0 bridgehead atoms. The van der Waals surface area contributed by atoms with Gasteiger partial charge < -0.3 is 10.1 Å². The highest BCUT2D eigenvalue weighted by Gasteiger charge is 2.24. The number of nitrogens with zero attached hydrogens (tertiary/aromatic N) is 1. The molecule has 0 spiro atoms. The number of ether oxygens (including phenoxy) is 1. The number of thioether (sulfide) groups is 1. The van der Waals surface area contributed by atoms with E-state index in [-0.39, 0.29) is 11.8 Å². The Morgan fingerprint density at radius 1 is 1.00 bits per heavy atom. The van der Waals surface area contributed by atoms with Gasteiger partial charge in [0.25, 0.3) is 5.91 Å². The first kappa shape index (κ1) is 21.5. The fraction of sp³-hybridized carbons (Fsp3) is 0.286. The van der Waals surface area contributed by atoms with Crippen molar-refractivity contribution in [3.8, 4) is 0 Å². The number of nitrogens with one attached hydrogen (secondary N) is 1. The number of carbonyl (C=O) groups is 3. The Morgan fingerprint density at radius 3 is 2.00 bits per heavy atom. The van der Waals surface area contributed by atoms with Crippen LogP contribution in [-0.4, -0.2) is 42.4 Å². The SMILES string of the molecule is CSCC[C@H](NC(C)=O)C(=O)OCC(=O)N(c1ccccc1)c1ccccc1. The first-order chi connectivity index (χ1) is 13.5. The van der Waals surface area contributed by atoms with Gasteiger partial charge in [0.1, 0.15) is 6.04 Å². The van der Waals surface area contributed by atoms with Crippen molar-refractivity contribution < 1.29 is 19.1 Å². The van der Waals surface area contributed by atoms with Crippen molar-refractivity contribution in [1.82, 2.24) is 5.32 Å². The molecular formula is C21H24N2O4S. The standard InChI is InChI=1S/C21H24N2O4S/c1-16(24)22-19(13-14-28-2)21(26)27-15-20(25)23(17-9-5-3-6-10-17)18-11-7-4-8-12-18/h3-12,19H,13-15H2,1-2H3,(H,22,24)/t19-/m0/s1. The topological polar surface area (TPSA) is 75.7 Å². The highest BCUT2D eigenvalue weighted by Crippen LogP contribution is 2.25. The average molecular weight is 401 g/mol. The third-order valence-corrected chi connectivity index (χ3v) is 4.53. The van der Waals surface area contributed by atoms with Gasteiger partial charge in [-0.05, 0) is 42.7 Å². The fourth-order valence-electron chi connectivity index (χ4n) is 2.62. The molecule has 0 aliphatic rings. The molecule has 2 aromatic rings. The van der Waals surface area contributed by atoms with Gasteiger partial charge >= 0.3 is 5.97 Å². The summed E-state index contributed by atoms with van der Waals surface area (Å²) < 4.78 is 5.23. The maximum Gasteiger partial charge on any atom is 0.329 e. The molecule has 0 aliphatic carbocycles. The zero-order chi connectivity index (χ0) is 20.4. The van der Waals surface area contributed by atoms with Crippen LogP contribution in [0.5, 0.6) is 0 Å². The molecule has 0 saturated heterocycles. The summed E-state index contributed by atoms with van der Waals surface area (Å²) in [6, 6.07) is 17.5. The van der Waals surface area contributed by atoms with E-state index in [0.717, 1.165) is 0 Å². The maximum absolute atomic E-state index is 12.9. The molecule has 0 unspecified atom stereocenters. The number of rotatable bonds is 9. The molecule has 2 aromatic carbocycles. The first-order valence-electron chi connectivity index (χ1n) is 8.88. The van der Waals surface area contributed by atoms with E-state index in [1.165, 1.54) is 11.8 Å². The molecule has 0 saturated carbocycles. The molecular weight excluding hydrogens is 376 g/mol. The van der Waals surface area contributed by atoms with Crippen molar-refractivity contribution >= 4 is 40.9 Å². The predicted molar refractivity (Wildman–Crippen MR) is 112 cm³/mol. The minimum absolute atomic E-state index is 0.315. The molecule has 1 atom stereocenters. The second kappa shape index (κ2) is 11.1. The third kappa shape index (κ3) is 6.42. The lowest BCUT2D eigenvalue weighted by molar-refractivity contribution is -0.150. The van der Waals surface area contributed by atoms with Crippen LogP contribution in [0.2, 0.25) is 0 Å². The van der Waals surface area contributed by atoms with E-state index in [0.29, 0.717) is 23.5 Å². The van der Waals surface area contributed by atoms with Crippen LogP contribution in [0.25, 0.3) is 0 Å². The lowest BCUT2D eigenvalue weighted by Crippen LogP contribution is -2.42. The molecule has 0 fully saturated rings. The summed E-state index contributed by atoms with van der Waals surface area (Å²) in [5, 5.41) is 2.58. The summed E-state index contributed by atoms with van der Waals surface area (Å²) >= 11 is 1.56. The van der Waals surface area contributed by atoms with Gasteiger partial charge in [0, 0.05) is 18.3 Å². The maximum atomic E-state index is 12.9. The lowest BCUT2D eigenvalue weighted by atomic mass is 10.2. The van der Waals surface area contributed by atoms with Crippen LogP contribution in [0.3, 0.4) is 0 Å². The number of esters is 1. The summed E-state index contributed by atoms with van der Waals surface area (Å²) in [5.41, 5.74) is 1.35. The van der Waals surface area contributed by atoms with E-state index < -0.39 is 18.6 Å². The molecule has 6 nitrogen and oxygen atoms in total. The van der Waals surface area contributed by atoms with Gasteiger partial charge in [-0.2, -0.15) is 11.8 Å². The summed E-state index contributed by atoms with van der Waals surface area (Å²) in [6.07, 6.45) is 2.35. The Hall–Kier alpha value is -2.80. The van der Waals surface area contributed by atoms with Crippen LogP contribution in [-0.2, 0) is 19.1 Å². The lowest BCUT2D eigenvalue weighted by Gasteiger charge is -2.23. The van der Waals surface area contributed by atoms with Gasteiger partial charge in [-0.15, -0.1) is 0 Å². The van der Waals surface area contributed by atoms with Crippen molar-refractivity contribution in [3.05, 3.63) is 60.7 Å². The van der Waals surface area contributed by atoms with Gasteiger partial charge in [-0.25, -0.2) is 4.79 Å². The molecule has 1 N–H and O–H groups in total. The van der Waals surface area contributed by atoms with Gasteiger partial charge in [0.2, 0.25) is 5.91 Å². The van der Waals surface area contributed by atoms with Gasteiger partial charge in [0.15, 0.2) is 6.61 Å². The minimum Gasteiger partial charge on any atom is -0.454 e. The number of carbonyl (C=O) groups excluding carboxylic acids is 3. The van der Waals surface area contributed by atoms with Gasteiger partial charge in [0.05, 0.1) is 0 Å². The van der Waals surface area contributed by atoms with E-state index in [1.807, 2.05) is 66.9 Å². The highest BCUT2D eigenvalue weighted by atomic mass is 32.2. The largest absolute Gasteiger partial charge is 0.454 e. The smallest absolute Gasteiger partial charge is 0.329 e. The van der Waals surface area contributed by atoms with Crippen LogP contribution in [0.15, 0.2) is 60.7 Å². The number of amides is 2. The minimum atomic E-state index is -0.764. The van der Waals surface area contributed by atoms with Gasteiger partial charge in [-0.3, -0.25) is 14.5 Å². The van der Waals surface area contributed by atoms with E-state index >= 15 is 0 Å².